The van der Waals surface area contributed by atoms with Gasteiger partial charge in [0.05, 0.1) is 13.3 Å². The van der Waals surface area contributed by atoms with Crippen molar-refractivity contribution in [2.75, 3.05) is 12.8 Å². The van der Waals surface area contributed by atoms with Crippen LogP contribution in [0.1, 0.15) is 11.4 Å². The van der Waals surface area contributed by atoms with Gasteiger partial charge in [-0.3, -0.25) is 0 Å². The van der Waals surface area contributed by atoms with Gasteiger partial charge in [0, 0.05) is 17.8 Å². The van der Waals surface area contributed by atoms with E-state index in [1.165, 1.54) is 0 Å². The van der Waals surface area contributed by atoms with Gasteiger partial charge in [-0.1, -0.05) is 0 Å². The Hall–Kier alpha value is -2.37. The Labute approximate surface area is 105 Å². The largest absolute Gasteiger partial charge is 0.481 e. The minimum atomic E-state index is 0.303. The first kappa shape index (κ1) is 12.1. The summed E-state index contributed by atoms with van der Waals surface area (Å²) in [6, 6.07) is 1.69. The molecule has 0 amide bonds. The van der Waals surface area contributed by atoms with Crippen molar-refractivity contribution >= 4 is 5.82 Å². The summed E-state index contributed by atoms with van der Waals surface area (Å²) in [5.41, 5.74) is 6.64. The highest BCUT2D eigenvalue weighted by molar-refractivity contribution is 5.48. The number of hydrogen-bond acceptors (Lipinski definition) is 6. The first-order chi connectivity index (χ1) is 8.60. The van der Waals surface area contributed by atoms with Crippen LogP contribution in [-0.2, 0) is 0 Å². The van der Waals surface area contributed by atoms with Crippen LogP contribution in [-0.4, -0.2) is 22.1 Å². The van der Waals surface area contributed by atoms with E-state index in [9.17, 15) is 0 Å². The number of nitrogens with zero attached hydrogens (tertiary/aromatic N) is 3. The monoisotopic (exact) mass is 246 g/mol. The molecule has 2 aromatic rings. The Kier molecular flexibility index (Phi) is 3.27. The van der Waals surface area contributed by atoms with Crippen LogP contribution in [0.3, 0.4) is 0 Å². The van der Waals surface area contributed by atoms with Crippen LogP contribution >= 0.6 is 0 Å². The molecule has 0 fully saturated rings. The minimum absolute atomic E-state index is 0.303. The topological polar surface area (TPSA) is 83.2 Å². The van der Waals surface area contributed by atoms with E-state index >= 15 is 0 Å². The summed E-state index contributed by atoms with van der Waals surface area (Å²) < 4.78 is 10.7. The van der Waals surface area contributed by atoms with Gasteiger partial charge in [-0.25, -0.2) is 15.0 Å². The van der Waals surface area contributed by atoms with Crippen LogP contribution < -0.4 is 15.2 Å². The van der Waals surface area contributed by atoms with Gasteiger partial charge < -0.3 is 15.2 Å². The fraction of sp³-hybridized carbons (Fsp3) is 0.250. The number of rotatable bonds is 3. The molecular weight excluding hydrogens is 232 g/mol. The standard InChI is InChI=1S/C12H14N4O2/c1-7-5-15-11(17-3)4-9(7)18-10-6-14-8(2)16-12(10)13/h4-6H,1-3H3,(H2,13,14,16). The molecular formula is C12H14N4O2. The molecule has 0 saturated heterocycles. The summed E-state index contributed by atoms with van der Waals surface area (Å²) in [6.45, 7) is 3.65. The van der Waals surface area contributed by atoms with Gasteiger partial charge in [-0.15, -0.1) is 0 Å². The molecule has 0 aromatic carbocycles. The Bertz CT molecular complexity index is 572. The Balaban J connectivity index is 2.33. The lowest BCUT2D eigenvalue weighted by molar-refractivity contribution is 0.391. The van der Waals surface area contributed by atoms with Crippen molar-refractivity contribution in [3.05, 3.63) is 29.8 Å². The first-order valence-electron chi connectivity index (χ1n) is 5.37. The zero-order chi connectivity index (χ0) is 13.1. The molecule has 2 aromatic heterocycles. The van der Waals surface area contributed by atoms with Crippen LogP contribution in [0.2, 0.25) is 0 Å². The number of nitrogens with two attached hydrogens (primary N) is 1. The molecule has 6 heteroatoms. The van der Waals surface area contributed by atoms with E-state index in [0.717, 1.165) is 5.56 Å². The Morgan fingerprint density at radius 2 is 1.89 bits per heavy atom. The first-order valence-corrected chi connectivity index (χ1v) is 5.37. The van der Waals surface area contributed by atoms with Gasteiger partial charge in [-0.2, -0.15) is 0 Å². The van der Waals surface area contributed by atoms with Crippen LogP contribution in [0.15, 0.2) is 18.5 Å². The molecule has 0 unspecified atom stereocenters. The van der Waals surface area contributed by atoms with E-state index in [4.69, 9.17) is 15.2 Å². The van der Waals surface area contributed by atoms with E-state index in [0.29, 0.717) is 29.0 Å². The molecule has 0 aliphatic heterocycles. The molecule has 2 N–H and O–H groups in total. The normalized spacial score (nSPS) is 10.2. The van der Waals surface area contributed by atoms with Crippen molar-refractivity contribution in [1.29, 1.82) is 0 Å². The van der Waals surface area contributed by atoms with Gasteiger partial charge in [0.1, 0.15) is 11.6 Å². The molecule has 0 aliphatic rings. The second kappa shape index (κ2) is 4.87. The van der Waals surface area contributed by atoms with E-state index in [-0.39, 0.29) is 0 Å². The van der Waals surface area contributed by atoms with Gasteiger partial charge >= 0.3 is 0 Å². The SMILES string of the molecule is COc1cc(Oc2cnc(C)nc2N)c(C)cn1. The highest BCUT2D eigenvalue weighted by Crippen LogP contribution is 2.29. The van der Waals surface area contributed by atoms with Crippen LogP contribution in [0, 0.1) is 13.8 Å². The lowest BCUT2D eigenvalue weighted by atomic mass is 10.3. The molecule has 0 saturated carbocycles. The summed E-state index contributed by atoms with van der Waals surface area (Å²) in [5.74, 6) is 2.40. The summed E-state index contributed by atoms with van der Waals surface area (Å²) >= 11 is 0. The zero-order valence-electron chi connectivity index (χ0n) is 10.5. The molecule has 0 radical (unpaired) electrons. The molecule has 6 nitrogen and oxygen atoms in total. The summed E-state index contributed by atoms with van der Waals surface area (Å²) in [4.78, 5) is 12.2. The second-order valence-electron chi connectivity index (χ2n) is 3.76. The predicted molar refractivity (Wildman–Crippen MR) is 66.8 cm³/mol. The van der Waals surface area contributed by atoms with Crippen LogP contribution in [0.4, 0.5) is 5.82 Å². The quantitative estimate of drug-likeness (QED) is 0.890. The van der Waals surface area contributed by atoms with Crippen molar-refractivity contribution in [1.82, 2.24) is 15.0 Å². The van der Waals surface area contributed by atoms with E-state index < -0.39 is 0 Å². The maximum atomic E-state index is 5.77. The van der Waals surface area contributed by atoms with Crippen molar-refractivity contribution in [2.24, 2.45) is 0 Å². The van der Waals surface area contributed by atoms with Gasteiger partial charge in [-0.05, 0) is 13.8 Å². The summed E-state index contributed by atoms with van der Waals surface area (Å²) in [5, 5.41) is 0. The van der Waals surface area contributed by atoms with E-state index in [1.807, 2.05) is 6.92 Å². The smallest absolute Gasteiger partial charge is 0.216 e. The molecule has 2 rings (SSSR count). The van der Waals surface area contributed by atoms with Crippen molar-refractivity contribution < 1.29 is 9.47 Å². The number of hydrogen-bond donors (Lipinski definition) is 1. The molecule has 18 heavy (non-hydrogen) atoms. The predicted octanol–water partition coefficient (Wildman–Crippen LogP) is 1.87. The fourth-order valence-electron chi connectivity index (χ4n) is 1.38. The third kappa shape index (κ3) is 2.48. The zero-order valence-corrected chi connectivity index (χ0v) is 10.5. The second-order valence-corrected chi connectivity index (χ2v) is 3.76. The minimum Gasteiger partial charge on any atom is -0.481 e. The number of methoxy groups -OCH3 is 1. The lowest BCUT2D eigenvalue weighted by Crippen LogP contribution is -2.00. The molecule has 0 atom stereocenters. The molecule has 0 spiro atoms. The highest BCUT2D eigenvalue weighted by Gasteiger charge is 2.08. The summed E-state index contributed by atoms with van der Waals surface area (Å²) in [7, 11) is 1.55. The average molecular weight is 246 g/mol. The Morgan fingerprint density at radius 1 is 1.11 bits per heavy atom. The number of pyridine rings is 1. The molecule has 0 aliphatic carbocycles. The number of ether oxygens (including phenoxy) is 2. The molecule has 94 valence electrons. The number of anilines is 1. The molecule has 0 bridgehead atoms. The summed E-state index contributed by atoms with van der Waals surface area (Å²) in [6.07, 6.45) is 3.21. The van der Waals surface area contributed by atoms with Crippen molar-refractivity contribution in [3.63, 3.8) is 0 Å². The third-order valence-corrected chi connectivity index (χ3v) is 2.36. The van der Waals surface area contributed by atoms with E-state index in [2.05, 4.69) is 15.0 Å². The third-order valence-electron chi connectivity index (χ3n) is 2.36. The highest BCUT2D eigenvalue weighted by atomic mass is 16.5. The van der Waals surface area contributed by atoms with E-state index in [1.54, 1.807) is 32.5 Å². The maximum Gasteiger partial charge on any atom is 0.216 e. The number of aryl methyl sites for hydroxylation is 2. The van der Waals surface area contributed by atoms with Crippen molar-refractivity contribution in [2.45, 2.75) is 13.8 Å². The van der Waals surface area contributed by atoms with Crippen molar-refractivity contribution in [3.8, 4) is 17.4 Å². The number of nitrogen functional groups attached to an aromatic ring is 1. The fourth-order valence-corrected chi connectivity index (χ4v) is 1.38. The van der Waals surface area contributed by atoms with Crippen LogP contribution in [0.5, 0.6) is 17.4 Å². The van der Waals surface area contributed by atoms with Gasteiger partial charge in [0.15, 0.2) is 11.6 Å². The lowest BCUT2D eigenvalue weighted by Gasteiger charge is -2.10. The maximum absolute atomic E-state index is 5.77. The van der Waals surface area contributed by atoms with Crippen LogP contribution in [0.25, 0.3) is 0 Å². The average Bonchev–Trinajstić information content (AvgIpc) is 2.35. The Morgan fingerprint density at radius 3 is 2.56 bits per heavy atom. The molecule has 2 heterocycles. The van der Waals surface area contributed by atoms with Gasteiger partial charge in [0.25, 0.3) is 0 Å². The number of aromatic nitrogens is 3. The van der Waals surface area contributed by atoms with Gasteiger partial charge in [0.2, 0.25) is 5.88 Å².